The monoisotopic (exact) mass is 457 g/mol. The molecule has 34 heavy (non-hydrogen) atoms. The molecule has 1 amide bonds. The average Bonchev–Trinajstić information content (AvgIpc) is 2.91. The third-order valence-corrected chi connectivity index (χ3v) is 6.20. The molecule has 0 spiro atoms. The molecule has 0 saturated carbocycles. The fraction of sp³-hybridized carbons (Fsp3) is 0.286. The highest BCUT2D eigenvalue weighted by atomic mass is 16.5. The van der Waals surface area contributed by atoms with E-state index in [0.29, 0.717) is 23.2 Å². The first kappa shape index (κ1) is 23.5. The van der Waals surface area contributed by atoms with Crippen LogP contribution < -0.4 is 15.0 Å². The fourth-order valence-electron chi connectivity index (χ4n) is 4.25. The molecule has 0 bridgehead atoms. The summed E-state index contributed by atoms with van der Waals surface area (Å²) in [4.78, 5) is 30.5. The van der Waals surface area contributed by atoms with Gasteiger partial charge in [-0.2, -0.15) is 0 Å². The van der Waals surface area contributed by atoms with Gasteiger partial charge < -0.3 is 15.0 Å². The molecule has 3 aromatic rings. The number of rotatable bonds is 9. The van der Waals surface area contributed by atoms with Crippen LogP contribution in [-0.2, 0) is 0 Å². The minimum absolute atomic E-state index is 0.138. The largest absolute Gasteiger partial charge is 0.497 e. The van der Waals surface area contributed by atoms with Crippen LogP contribution in [0.3, 0.4) is 0 Å². The minimum Gasteiger partial charge on any atom is -0.497 e. The van der Waals surface area contributed by atoms with Crippen molar-refractivity contribution >= 4 is 17.4 Å². The van der Waals surface area contributed by atoms with Gasteiger partial charge in [-0.15, -0.1) is 0 Å². The Morgan fingerprint density at radius 2 is 1.47 bits per heavy atom. The van der Waals surface area contributed by atoms with Crippen molar-refractivity contribution in [2.75, 3.05) is 51.3 Å². The van der Waals surface area contributed by atoms with E-state index >= 15 is 0 Å². The van der Waals surface area contributed by atoms with Crippen LogP contribution in [0.2, 0.25) is 0 Å². The molecule has 1 fully saturated rings. The lowest BCUT2D eigenvalue weighted by molar-refractivity contribution is 0.0940. The van der Waals surface area contributed by atoms with Crippen LogP contribution in [0.4, 0.5) is 5.69 Å². The first-order valence-electron chi connectivity index (χ1n) is 11.7. The Morgan fingerprint density at radius 3 is 2.15 bits per heavy atom. The van der Waals surface area contributed by atoms with E-state index in [-0.39, 0.29) is 11.7 Å². The highest BCUT2D eigenvalue weighted by Crippen LogP contribution is 2.20. The number of anilines is 1. The maximum atomic E-state index is 12.9. The van der Waals surface area contributed by atoms with E-state index in [1.807, 2.05) is 30.3 Å². The second kappa shape index (κ2) is 11.5. The lowest BCUT2D eigenvalue weighted by Crippen LogP contribution is -2.47. The van der Waals surface area contributed by atoms with Gasteiger partial charge in [-0.25, -0.2) is 0 Å². The van der Waals surface area contributed by atoms with Gasteiger partial charge in [0.25, 0.3) is 5.91 Å². The van der Waals surface area contributed by atoms with E-state index in [4.69, 9.17) is 4.74 Å². The number of amides is 1. The Labute approximate surface area is 201 Å². The number of hydrogen-bond acceptors (Lipinski definition) is 5. The smallest absolute Gasteiger partial charge is 0.252 e. The fourth-order valence-corrected chi connectivity index (χ4v) is 4.25. The molecule has 1 heterocycles. The summed E-state index contributed by atoms with van der Waals surface area (Å²) in [6.45, 7) is 5.46. The summed E-state index contributed by atoms with van der Waals surface area (Å²) in [6, 6.07) is 24.3. The van der Waals surface area contributed by atoms with Crippen molar-refractivity contribution in [2.24, 2.45) is 0 Å². The van der Waals surface area contributed by atoms with Crippen molar-refractivity contribution in [3.63, 3.8) is 0 Å². The van der Waals surface area contributed by atoms with E-state index in [1.165, 1.54) is 5.69 Å². The Hall–Kier alpha value is -3.64. The van der Waals surface area contributed by atoms with Crippen LogP contribution in [0.1, 0.15) is 32.7 Å². The number of piperazine rings is 1. The van der Waals surface area contributed by atoms with Gasteiger partial charge in [0.2, 0.25) is 0 Å². The molecule has 0 aromatic heterocycles. The van der Waals surface area contributed by atoms with Crippen molar-refractivity contribution < 1.29 is 14.3 Å². The number of nitrogens with zero attached hydrogens (tertiary/aromatic N) is 2. The van der Waals surface area contributed by atoms with E-state index in [1.54, 1.807) is 43.5 Å². The number of carbonyl (C=O) groups is 2. The molecule has 6 nitrogen and oxygen atoms in total. The molecule has 0 unspecified atom stereocenters. The van der Waals surface area contributed by atoms with Gasteiger partial charge in [0, 0.05) is 49.5 Å². The Balaban J connectivity index is 1.23. The van der Waals surface area contributed by atoms with Gasteiger partial charge in [-0.05, 0) is 43.3 Å². The highest BCUT2D eigenvalue weighted by molar-refractivity contribution is 6.15. The van der Waals surface area contributed by atoms with Gasteiger partial charge in [-0.3, -0.25) is 14.5 Å². The molecule has 0 atom stereocenters. The molecule has 4 rings (SSSR count). The quantitative estimate of drug-likeness (QED) is 0.390. The number of carbonyl (C=O) groups excluding carboxylic acids is 2. The standard InChI is InChI=1S/C28H31N3O3/c1-34-24-14-12-23(13-15-24)31-20-18-30(19-21-31)17-7-16-29-28(33)26-11-6-5-10-25(26)27(32)22-8-3-2-4-9-22/h2-6,8-15H,7,16-21H2,1H3,(H,29,33). The van der Waals surface area contributed by atoms with Gasteiger partial charge in [-0.1, -0.05) is 48.5 Å². The van der Waals surface area contributed by atoms with Crippen molar-refractivity contribution in [1.29, 1.82) is 0 Å². The van der Waals surface area contributed by atoms with Gasteiger partial charge in [0.1, 0.15) is 5.75 Å². The second-order valence-electron chi connectivity index (χ2n) is 8.38. The van der Waals surface area contributed by atoms with Crippen LogP contribution >= 0.6 is 0 Å². The van der Waals surface area contributed by atoms with Crippen LogP contribution in [0.15, 0.2) is 78.9 Å². The van der Waals surface area contributed by atoms with Crippen molar-refractivity contribution in [3.8, 4) is 5.75 Å². The van der Waals surface area contributed by atoms with E-state index in [2.05, 4.69) is 27.2 Å². The number of ether oxygens (including phenoxy) is 1. The topological polar surface area (TPSA) is 61.9 Å². The van der Waals surface area contributed by atoms with Crippen molar-refractivity contribution in [1.82, 2.24) is 10.2 Å². The molecule has 1 aliphatic heterocycles. The Bertz CT molecular complexity index is 1090. The summed E-state index contributed by atoms with van der Waals surface area (Å²) in [7, 11) is 1.68. The first-order chi connectivity index (χ1) is 16.7. The average molecular weight is 458 g/mol. The first-order valence-corrected chi connectivity index (χ1v) is 11.7. The van der Waals surface area contributed by atoms with Crippen LogP contribution in [0.5, 0.6) is 5.75 Å². The predicted molar refractivity (Wildman–Crippen MR) is 135 cm³/mol. The second-order valence-corrected chi connectivity index (χ2v) is 8.38. The van der Waals surface area contributed by atoms with E-state index in [0.717, 1.165) is 44.9 Å². The SMILES string of the molecule is COc1ccc(N2CCN(CCCNC(=O)c3ccccc3C(=O)c3ccccc3)CC2)cc1. The summed E-state index contributed by atoms with van der Waals surface area (Å²) in [5, 5.41) is 2.99. The molecule has 1 N–H and O–H groups in total. The zero-order valence-corrected chi connectivity index (χ0v) is 19.6. The third kappa shape index (κ3) is 5.83. The zero-order valence-electron chi connectivity index (χ0n) is 19.6. The van der Waals surface area contributed by atoms with Gasteiger partial charge >= 0.3 is 0 Å². The molecule has 6 heteroatoms. The summed E-state index contributed by atoms with van der Waals surface area (Å²) in [6.07, 6.45) is 0.864. The van der Waals surface area contributed by atoms with Crippen molar-refractivity contribution in [2.45, 2.75) is 6.42 Å². The summed E-state index contributed by atoms with van der Waals surface area (Å²) in [5.41, 5.74) is 2.65. The van der Waals surface area contributed by atoms with Gasteiger partial charge in [0.05, 0.1) is 12.7 Å². The molecule has 0 aliphatic carbocycles. The van der Waals surface area contributed by atoms with Gasteiger partial charge in [0.15, 0.2) is 5.78 Å². The molecule has 176 valence electrons. The molecule has 1 aliphatic rings. The third-order valence-electron chi connectivity index (χ3n) is 6.20. The summed E-state index contributed by atoms with van der Waals surface area (Å²) in [5.74, 6) is 0.529. The zero-order chi connectivity index (χ0) is 23.8. The normalized spacial score (nSPS) is 14.0. The number of hydrogen-bond donors (Lipinski definition) is 1. The van der Waals surface area contributed by atoms with E-state index < -0.39 is 0 Å². The Morgan fingerprint density at radius 1 is 0.824 bits per heavy atom. The van der Waals surface area contributed by atoms with Crippen LogP contribution in [0, 0.1) is 0 Å². The lowest BCUT2D eigenvalue weighted by atomic mass is 9.98. The number of methoxy groups -OCH3 is 1. The predicted octanol–water partition coefficient (Wildman–Crippen LogP) is 3.87. The molecule has 3 aromatic carbocycles. The number of nitrogens with one attached hydrogen (secondary N) is 1. The van der Waals surface area contributed by atoms with Crippen LogP contribution in [-0.4, -0.2) is 63.0 Å². The molecular formula is C28H31N3O3. The molecule has 1 saturated heterocycles. The maximum absolute atomic E-state index is 12.9. The van der Waals surface area contributed by atoms with Crippen LogP contribution in [0.25, 0.3) is 0 Å². The number of ketones is 1. The minimum atomic E-state index is -0.204. The number of benzene rings is 3. The molecular weight excluding hydrogens is 426 g/mol. The summed E-state index contributed by atoms with van der Waals surface area (Å²) >= 11 is 0. The van der Waals surface area contributed by atoms with E-state index in [9.17, 15) is 9.59 Å². The maximum Gasteiger partial charge on any atom is 0.252 e. The molecule has 0 radical (unpaired) electrons. The highest BCUT2D eigenvalue weighted by Gasteiger charge is 2.19. The summed E-state index contributed by atoms with van der Waals surface area (Å²) < 4.78 is 5.24. The van der Waals surface area contributed by atoms with Crippen molar-refractivity contribution in [3.05, 3.63) is 95.6 Å². The lowest BCUT2D eigenvalue weighted by Gasteiger charge is -2.36. The Kier molecular flexibility index (Phi) is 7.94.